The van der Waals surface area contributed by atoms with Crippen LogP contribution in [0.15, 0.2) is 34.7 Å². The van der Waals surface area contributed by atoms with Gasteiger partial charge in [-0.25, -0.2) is 0 Å². The van der Waals surface area contributed by atoms with Gasteiger partial charge < -0.3 is 15.5 Å². The molecule has 4 nitrogen and oxygen atoms in total. The van der Waals surface area contributed by atoms with Gasteiger partial charge in [-0.05, 0) is 30.9 Å². The average molecular weight is 272 g/mol. The first kappa shape index (κ1) is 13.2. The van der Waals surface area contributed by atoms with Crippen LogP contribution in [0.25, 0.3) is 11.0 Å². The third-order valence-corrected chi connectivity index (χ3v) is 4.14. The molecule has 3 N–H and O–H groups in total. The van der Waals surface area contributed by atoms with Crippen LogP contribution in [0, 0.1) is 5.92 Å². The summed E-state index contributed by atoms with van der Waals surface area (Å²) in [7, 11) is 0. The highest BCUT2D eigenvalue weighted by atomic mass is 16.3. The molecule has 1 aromatic heterocycles. The number of nitrogens with one attached hydrogen (secondary N) is 1. The Morgan fingerprint density at radius 1 is 1.30 bits per heavy atom. The van der Waals surface area contributed by atoms with Gasteiger partial charge in [0.2, 0.25) is 0 Å². The fourth-order valence-electron chi connectivity index (χ4n) is 2.89. The maximum Gasteiger partial charge on any atom is 0.287 e. The summed E-state index contributed by atoms with van der Waals surface area (Å²) >= 11 is 0. The number of hydrogen-bond acceptors (Lipinski definition) is 3. The lowest BCUT2D eigenvalue weighted by molar-refractivity contribution is 0.0916. The molecule has 1 aromatic carbocycles. The quantitative estimate of drug-likeness (QED) is 0.902. The van der Waals surface area contributed by atoms with Crippen molar-refractivity contribution in [1.29, 1.82) is 0 Å². The van der Waals surface area contributed by atoms with Gasteiger partial charge >= 0.3 is 0 Å². The van der Waals surface area contributed by atoms with Crippen LogP contribution in [0.4, 0.5) is 0 Å². The van der Waals surface area contributed by atoms with Crippen molar-refractivity contribution in [1.82, 2.24) is 5.32 Å². The summed E-state index contributed by atoms with van der Waals surface area (Å²) in [6, 6.07) is 9.62. The molecular weight excluding hydrogens is 252 g/mol. The van der Waals surface area contributed by atoms with E-state index in [2.05, 4.69) is 5.32 Å². The van der Waals surface area contributed by atoms with E-state index in [1.54, 1.807) is 6.07 Å². The molecule has 0 saturated heterocycles. The van der Waals surface area contributed by atoms with Crippen molar-refractivity contribution in [2.24, 2.45) is 11.7 Å². The van der Waals surface area contributed by atoms with Gasteiger partial charge in [0.15, 0.2) is 5.76 Å². The van der Waals surface area contributed by atoms with E-state index < -0.39 is 0 Å². The first-order chi connectivity index (χ1) is 9.74. The summed E-state index contributed by atoms with van der Waals surface area (Å²) in [5.74, 6) is 0.603. The Balaban J connectivity index is 1.64. The van der Waals surface area contributed by atoms with E-state index in [4.69, 9.17) is 10.2 Å². The Hall–Kier alpha value is -1.81. The Morgan fingerprint density at radius 2 is 2.10 bits per heavy atom. The summed E-state index contributed by atoms with van der Waals surface area (Å²) < 4.78 is 5.55. The zero-order valence-corrected chi connectivity index (χ0v) is 11.5. The molecule has 1 fully saturated rings. The van der Waals surface area contributed by atoms with Crippen LogP contribution < -0.4 is 11.1 Å². The van der Waals surface area contributed by atoms with Crippen molar-refractivity contribution >= 4 is 16.9 Å². The van der Waals surface area contributed by atoms with Crippen LogP contribution in [0.2, 0.25) is 0 Å². The standard InChI is InChI=1S/C16H20N2O2/c17-13-7-3-1-6-12(13)10-18-16(19)15-9-11-5-2-4-8-14(11)20-15/h2,4-5,8-9,12-13H,1,3,6-7,10,17H2,(H,18,19). The maximum atomic E-state index is 12.1. The third kappa shape index (κ3) is 2.70. The Labute approximate surface area is 118 Å². The zero-order chi connectivity index (χ0) is 13.9. The summed E-state index contributed by atoms with van der Waals surface area (Å²) in [4.78, 5) is 12.1. The molecular formula is C16H20N2O2. The summed E-state index contributed by atoms with van der Waals surface area (Å²) in [6.45, 7) is 0.636. The number of hydrogen-bond donors (Lipinski definition) is 2. The molecule has 1 amide bonds. The number of carbonyl (C=O) groups excluding carboxylic acids is 1. The largest absolute Gasteiger partial charge is 0.451 e. The lowest BCUT2D eigenvalue weighted by Gasteiger charge is -2.28. The lowest BCUT2D eigenvalue weighted by atomic mass is 9.85. The Kier molecular flexibility index (Phi) is 3.74. The highest BCUT2D eigenvalue weighted by Gasteiger charge is 2.22. The zero-order valence-electron chi connectivity index (χ0n) is 11.5. The fourth-order valence-corrected chi connectivity index (χ4v) is 2.89. The molecule has 0 aliphatic heterocycles. The average Bonchev–Trinajstić information content (AvgIpc) is 2.90. The van der Waals surface area contributed by atoms with Crippen LogP contribution in [0.3, 0.4) is 0 Å². The number of para-hydroxylation sites is 1. The number of benzene rings is 1. The van der Waals surface area contributed by atoms with Crippen molar-refractivity contribution in [3.05, 3.63) is 36.1 Å². The van der Waals surface area contributed by atoms with E-state index in [1.807, 2.05) is 24.3 Å². The summed E-state index contributed by atoms with van der Waals surface area (Å²) in [6.07, 6.45) is 4.57. The monoisotopic (exact) mass is 272 g/mol. The first-order valence-corrected chi connectivity index (χ1v) is 7.26. The molecule has 0 radical (unpaired) electrons. The van der Waals surface area contributed by atoms with Gasteiger partial charge in [-0.3, -0.25) is 4.79 Å². The van der Waals surface area contributed by atoms with Gasteiger partial charge in [0.1, 0.15) is 5.58 Å². The molecule has 1 saturated carbocycles. The van der Waals surface area contributed by atoms with Gasteiger partial charge in [-0.2, -0.15) is 0 Å². The molecule has 2 aromatic rings. The van der Waals surface area contributed by atoms with Crippen LogP contribution in [-0.2, 0) is 0 Å². The van der Waals surface area contributed by atoms with Gasteiger partial charge in [-0.1, -0.05) is 31.0 Å². The minimum absolute atomic E-state index is 0.154. The third-order valence-electron chi connectivity index (χ3n) is 4.14. The molecule has 106 valence electrons. The van der Waals surface area contributed by atoms with Crippen molar-refractivity contribution in [2.75, 3.05) is 6.54 Å². The summed E-state index contributed by atoms with van der Waals surface area (Å²) in [5, 5.41) is 3.90. The number of furan rings is 1. The second kappa shape index (κ2) is 5.67. The van der Waals surface area contributed by atoms with E-state index in [0.29, 0.717) is 18.2 Å². The minimum atomic E-state index is -0.154. The normalized spacial score (nSPS) is 22.9. The highest BCUT2D eigenvalue weighted by molar-refractivity contribution is 5.96. The molecule has 2 atom stereocenters. The van der Waals surface area contributed by atoms with E-state index >= 15 is 0 Å². The highest BCUT2D eigenvalue weighted by Crippen LogP contribution is 2.23. The van der Waals surface area contributed by atoms with Crippen LogP contribution in [0.5, 0.6) is 0 Å². The summed E-state index contributed by atoms with van der Waals surface area (Å²) in [5.41, 5.74) is 6.83. The molecule has 20 heavy (non-hydrogen) atoms. The molecule has 4 heteroatoms. The molecule has 1 heterocycles. The predicted molar refractivity (Wildman–Crippen MR) is 78.5 cm³/mol. The molecule has 2 unspecified atom stereocenters. The van der Waals surface area contributed by atoms with Gasteiger partial charge in [0.25, 0.3) is 5.91 Å². The van der Waals surface area contributed by atoms with Crippen molar-refractivity contribution in [3.63, 3.8) is 0 Å². The number of carbonyl (C=O) groups is 1. The molecule has 3 rings (SSSR count). The van der Waals surface area contributed by atoms with E-state index in [-0.39, 0.29) is 11.9 Å². The number of nitrogens with two attached hydrogens (primary N) is 1. The number of rotatable bonds is 3. The number of amides is 1. The van der Waals surface area contributed by atoms with E-state index in [0.717, 1.165) is 23.8 Å². The Morgan fingerprint density at radius 3 is 2.90 bits per heavy atom. The van der Waals surface area contributed by atoms with Crippen LogP contribution in [0.1, 0.15) is 36.2 Å². The SMILES string of the molecule is NC1CCCCC1CNC(=O)c1cc2ccccc2o1. The van der Waals surface area contributed by atoms with Crippen LogP contribution >= 0.6 is 0 Å². The van der Waals surface area contributed by atoms with Crippen LogP contribution in [-0.4, -0.2) is 18.5 Å². The maximum absolute atomic E-state index is 12.1. The smallest absolute Gasteiger partial charge is 0.287 e. The Bertz CT molecular complexity index is 572. The predicted octanol–water partition coefficient (Wildman–Crippen LogP) is 2.68. The lowest BCUT2D eigenvalue weighted by Crippen LogP contribution is -2.41. The van der Waals surface area contributed by atoms with E-state index in [9.17, 15) is 4.79 Å². The molecule has 0 spiro atoms. The number of fused-ring (bicyclic) bond motifs is 1. The van der Waals surface area contributed by atoms with Gasteiger partial charge in [-0.15, -0.1) is 0 Å². The molecule has 1 aliphatic rings. The molecule has 1 aliphatic carbocycles. The second-order valence-corrected chi connectivity index (χ2v) is 5.57. The van der Waals surface area contributed by atoms with Crippen molar-refractivity contribution in [3.8, 4) is 0 Å². The van der Waals surface area contributed by atoms with Gasteiger partial charge in [0, 0.05) is 18.0 Å². The van der Waals surface area contributed by atoms with Gasteiger partial charge in [0.05, 0.1) is 0 Å². The fraction of sp³-hybridized carbons (Fsp3) is 0.438. The topological polar surface area (TPSA) is 68.3 Å². The molecule has 0 bridgehead atoms. The first-order valence-electron chi connectivity index (χ1n) is 7.26. The second-order valence-electron chi connectivity index (χ2n) is 5.57. The minimum Gasteiger partial charge on any atom is -0.451 e. The van der Waals surface area contributed by atoms with E-state index in [1.165, 1.54) is 12.8 Å². The van der Waals surface area contributed by atoms with Crippen molar-refractivity contribution in [2.45, 2.75) is 31.7 Å². The van der Waals surface area contributed by atoms with Crippen molar-refractivity contribution < 1.29 is 9.21 Å².